The SMILES string of the molecule is C1CCN(CCN2CCCCCC2C23CC4CC(CC(C4)C2)C3)CC1. The summed E-state index contributed by atoms with van der Waals surface area (Å²) in [5.74, 6) is 3.33. The summed E-state index contributed by atoms with van der Waals surface area (Å²) in [6.07, 6.45) is 19.9. The van der Waals surface area contributed by atoms with Gasteiger partial charge in [-0.3, -0.25) is 4.90 Å². The molecule has 0 aromatic carbocycles. The molecule has 1 unspecified atom stereocenters. The highest BCUT2D eigenvalue weighted by Crippen LogP contribution is 2.62. The van der Waals surface area contributed by atoms with Crippen molar-refractivity contribution in [1.82, 2.24) is 9.80 Å². The Labute approximate surface area is 155 Å². The minimum Gasteiger partial charge on any atom is -0.302 e. The van der Waals surface area contributed by atoms with Gasteiger partial charge in [-0.25, -0.2) is 0 Å². The highest BCUT2D eigenvalue weighted by molar-refractivity contribution is 5.07. The minimum absolute atomic E-state index is 0.737. The molecule has 0 aromatic heterocycles. The monoisotopic (exact) mass is 344 g/mol. The first-order valence-electron chi connectivity index (χ1n) is 11.8. The molecule has 2 heteroatoms. The molecule has 0 spiro atoms. The molecule has 2 saturated heterocycles. The third kappa shape index (κ3) is 3.43. The van der Waals surface area contributed by atoms with Gasteiger partial charge in [0.25, 0.3) is 0 Å². The maximum Gasteiger partial charge on any atom is 0.0152 e. The van der Waals surface area contributed by atoms with Gasteiger partial charge in [-0.15, -0.1) is 0 Å². The average molecular weight is 345 g/mol. The normalized spacial score (nSPS) is 45.6. The number of likely N-dealkylation sites (tertiary alicyclic amines) is 2. The van der Waals surface area contributed by atoms with E-state index in [0.717, 1.165) is 29.2 Å². The molecule has 4 bridgehead atoms. The van der Waals surface area contributed by atoms with Crippen LogP contribution in [0, 0.1) is 23.2 Å². The second kappa shape index (κ2) is 7.15. The lowest BCUT2D eigenvalue weighted by Gasteiger charge is -2.61. The van der Waals surface area contributed by atoms with Crippen LogP contribution in [0.25, 0.3) is 0 Å². The lowest BCUT2D eigenvalue weighted by Crippen LogP contribution is -2.57. The van der Waals surface area contributed by atoms with Crippen LogP contribution in [0.1, 0.15) is 83.5 Å². The fourth-order valence-electron chi connectivity index (χ4n) is 8.17. The van der Waals surface area contributed by atoms with Crippen LogP contribution in [0.15, 0.2) is 0 Å². The van der Waals surface area contributed by atoms with Crippen LogP contribution in [0.3, 0.4) is 0 Å². The van der Waals surface area contributed by atoms with Crippen molar-refractivity contribution in [3.63, 3.8) is 0 Å². The van der Waals surface area contributed by atoms with E-state index in [1.165, 1.54) is 77.7 Å². The van der Waals surface area contributed by atoms with E-state index >= 15 is 0 Å². The van der Waals surface area contributed by atoms with Crippen LogP contribution >= 0.6 is 0 Å². The molecule has 2 nitrogen and oxygen atoms in total. The number of rotatable bonds is 4. The van der Waals surface area contributed by atoms with Gasteiger partial charge in [0.15, 0.2) is 0 Å². The summed E-state index contributed by atoms with van der Waals surface area (Å²) in [6.45, 7) is 6.86. The number of hydrogen-bond acceptors (Lipinski definition) is 2. The van der Waals surface area contributed by atoms with Crippen molar-refractivity contribution in [3.8, 4) is 0 Å². The lowest BCUT2D eigenvalue weighted by atomic mass is 9.47. The Morgan fingerprint density at radius 1 is 0.640 bits per heavy atom. The van der Waals surface area contributed by atoms with E-state index in [4.69, 9.17) is 0 Å². The third-order valence-electron chi connectivity index (χ3n) is 8.81. The number of nitrogens with zero attached hydrogens (tertiary/aromatic N) is 2. The van der Waals surface area contributed by atoms with Gasteiger partial charge in [0.2, 0.25) is 0 Å². The largest absolute Gasteiger partial charge is 0.302 e. The van der Waals surface area contributed by atoms with Crippen molar-refractivity contribution in [2.45, 2.75) is 89.5 Å². The van der Waals surface area contributed by atoms with Crippen LogP contribution in [-0.4, -0.2) is 48.6 Å². The zero-order valence-electron chi connectivity index (χ0n) is 16.4. The summed E-state index contributed by atoms with van der Waals surface area (Å²) < 4.78 is 0. The van der Waals surface area contributed by atoms with Crippen molar-refractivity contribution in [1.29, 1.82) is 0 Å². The molecule has 1 atom stereocenters. The van der Waals surface area contributed by atoms with Crippen LogP contribution in [0.4, 0.5) is 0 Å². The zero-order chi connectivity index (χ0) is 16.7. The molecular weight excluding hydrogens is 304 g/mol. The zero-order valence-corrected chi connectivity index (χ0v) is 16.4. The van der Waals surface area contributed by atoms with Crippen molar-refractivity contribution >= 4 is 0 Å². The van der Waals surface area contributed by atoms with Gasteiger partial charge in [0.1, 0.15) is 0 Å². The number of piperidine rings is 1. The molecule has 2 heterocycles. The molecule has 0 radical (unpaired) electrons. The lowest BCUT2D eigenvalue weighted by molar-refractivity contribution is -0.102. The van der Waals surface area contributed by atoms with Crippen LogP contribution in [0.5, 0.6) is 0 Å². The Balaban J connectivity index is 1.30. The van der Waals surface area contributed by atoms with Crippen LogP contribution in [-0.2, 0) is 0 Å². The fraction of sp³-hybridized carbons (Fsp3) is 1.00. The molecule has 142 valence electrons. The van der Waals surface area contributed by atoms with Gasteiger partial charge in [0, 0.05) is 19.1 Å². The van der Waals surface area contributed by atoms with E-state index in [1.54, 1.807) is 38.5 Å². The summed E-state index contributed by atoms with van der Waals surface area (Å²) in [4.78, 5) is 5.79. The highest BCUT2D eigenvalue weighted by atomic mass is 15.2. The first-order valence-corrected chi connectivity index (χ1v) is 11.8. The van der Waals surface area contributed by atoms with E-state index in [9.17, 15) is 0 Å². The average Bonchev–Trinajstić information content (AvgIpc) is 2.86. The Morgan fingerprint density at radius 2 is 1.24 bits per heavy atom. The maximum absolute atomic E-state index is 3.02. The van der Waals surface area contributed by atoms with Crippen molar-refractivity contribution in [2.75, 3.05) is 32.7 Å². The Morgan fingerprint density at radius 3 is 1.92 bits per heavy atom. The fourth-order valence-corrected chi connectivity index (χ4v) is 8.17. The Kier molecular flexibility index (Phi) is 4.88. The molecule has 6 aliphatic rings. The molecule has 0 aromatic rings. The van der Waals surface area contributed by atoms with Gasteiger partial charge >= 0.3 is 0 Å². The standard InChI is InChI=1S/C23H40N2/c1-3-7-22(23-16-19-13-20(17-23)15-21(14-19)18-23)25(10-6-1)12-11-24-8-4-2-5-9-24/h19-22H,1-18H2. The second-order valence-electron chi connectivity index (χ2n) is 10.6. The molecule has 0 N–H and O–H groups in total. The summed E-state index contributed by atoms with van der Waals surface area (Å²) in [6, 6.07) is 0.938. The number of hydrogen-bond donors (Lipinski definition) is 0. The topological polar surface area (TPSA) is 6.48 Å². The van der Waals surface area contributed by atoms with Crippen molar-refractivity contribution in [3.05, 3.63) is 0 Å². The van der Waals surface area contributed by atoms with E-state index in [-0.39, 0.29) is 0 Å². The van der Waals surface area contributed by atoms with Crippen molar-refractivity contribution in [2.24, 2.45) is 23.2 Å². The quantitative estimate of drug-likeness (QED) is 0.713. The summed E-state index contributed by atoms with van der Waals surface area (Å²) >= 11 is 0. The minimum atomic E-state index is 0.737. The smallest absolute Gasteiger partial charge is 0.0152 e. The molecule has 2 aliphatic heterocycles. The summed E-state index contributed by atoms with van der Waals surface area (Å²) in [7, 11) is 0. The molecule has 0 amide bonds. The van der Waals surface area contributed by atoms with Gasteiger partial charge in [-0.1, -0.05) is 19.3 Å². The third-order valence-corrected chi connectivity index (χ3v) is 8.81. The van der Waals surface area contributed by atoms with Gasteiger partial charge < -0.3 is 4.90 Å². The van der Waals surface area contributed by atoms with E-state index in [2.05, 4.69) is 9.80 Å². The molecule has 6 rings (SSSR count). The first-order chi connectivity index (χ1) is 12.3. The molecule has 25 heavy (non-hydrogen) atoms. The predicted molar refractivity (Wildman–Crippen MR) is 105 cm³/mol. The Bertz CT molecular complexity index is 418. The first kappa shape index (κ1) is 17.0. The molecule has 4 aliphatic carbocycles. The van der Waals surface area contributed by atoms with Crippen LogP contribution in [0.2, 0.25) is 0 Å². The van der Waals surface area contributed by atoms with E-state index in [0.29, 0.717) is 0 Å². The van der Waals surface area contributed by atoms with Gasteiger partial charge in [-0.05, 0) is 107 Å². The maximum atomic E-state index is 3.02. The van der Waals surface area contributed by atoms with E-state index in [1.807, 2.05) is 0 Å². The predicted octanol–water partition coefficient (Wildman–Crippen LogP) is 4.93. The van der Waals surface area contributed by atoms with Gasteiger partial charge in [-0.2, -0.15) is 0 Å². The van der Waals surface area contributed by atoms with Crippen LogP contribution < -0.4 is 0 Å². The van der Waals surface area contributed by atoms with Gasteiger partial charge in [0.05, 0.1) is 0 Å². The summed E-state index contributed by atoms with van der Waals surface area (Å²) in [5, 5.41) is 0. The molecular formula is C23H40N2. The van der Waals surface area contributed by atoms with Crippen molar-refractivity contribution < 1.29 is 0 Å². The van der Waals surface area contributed by atoms with E-state index < -0.39 is 0 Å². The molecule has 4 saturated carbocycles. The Hall–Kier alpha value is -0.0800. The summed E-state index contributed by atoms with van der Waals surface area (Å²) in [5.41, 5.74) is 0.737. The highest BCUT2D eigenvalue weighted by Gasteiger charge is 2.55. The second-order valence-corrected chi connectivity index (χ2v) is 10.6. The molecule has 6 fully saturated rings.